The Balaban J connectivity index is 1.40. The third-order valence-electron chi connectivity index (χ3n) is 6.74. The molecule has 30 heavy (non-hydrogen) atoms. The second-order valence-corrected chi connectivity index (χ2v) is 8.48. The summed E-state index contributed by atoms with van der Waals surface area (Å²) in [6.07, 6.45) is 4.77. The van der Waals surface area contributed by atoms with Gasteiger partial charge in [-0.3, -0.25) is 9.69 Å². The standard InChI is InChI=1S/C25H32N2O3/c1-26(25(28)16-20-15-23(29-2)10-11-24(20)30-3)21-9-6-12-27(17-21)22-13-18-7-4-5-8-19(18)14-22/h4-5,7-8,10-11,15,21-22H,6,9,12-14,16-17H2,1-3H3. The summed E-state index contributed by atoms with van der Waals surface area (Å²) < 4.78 is 10.8. The van der Waals surface area contributed by atoms with Crippen molar-refractivity contribution < 1.29 is 14.3 Å². The molecule has 2 aromatic rings. The smallest absolute Gasteiger partial charge is 0.227 e. The fourth-order valence-electron chi connectivity index (χ4n) is 4.94. The molecule has 0 saturated carbocycles. The predicted octanol–water partition coefficient (Wildman–Crippen LogP) is 3.34. The van der Waals surface area contributed by atoms with Crippen molar-refractivity contribution in [2.45, 2.75) is 44.2 Å². The van der Waals surface area contributed by atoms with Gasteiger partial charge in [0.1, 0.15) is 11.5 Å². The van der Waals surface area contributed by atoms with Gasteiger partial charge in [0.2, 0.25) is 5.91 Å². The lowest BCUT2D eigenvalue weighted by atomic mass is 10.0. The first-order valence-corrected chi connectivity index (χ1v) is 10.9. The molecule has 5 heteroatoms. The van der Waals surface area contributed by atoms with Crippen LogP contribution in [0.1, 0.15) is 29.5 Å². The van der Waals surface area contributed by atoms with Gasteiger partial charge in [0.15, 0.2) is 0 Å². The number of ether oxygens (including phenoxy) is 2. The van der Waals surface area contributed by atoms with Crippen LogP contribution in [0.3, 0.4) is 0 Å². The molecule has 2 aliphatic rings. The second kappa shape index (κ2) is 9.09. The minimum absolute atomic E-state index is 0.128. The van der Waals surface area contributed by atoms with Crippen LogP contribution < -0.4 is 9.47 Å². The summed E-state index contributed by atoms with van der Waals surface area (Å²) in [5.74, 6) is 1.60. The Bertz CT molecular complexity index is 873. The van der Waals surface area contributed by atoms with Crippen molar-refractivity contribution >= 4 is 5.91 Å². The van der Waals surface area contributed by atoms with Gasteiger partial charge in [0.05, 0.1) is 20.6 Å². The van der Waals surface area contributed by atoms with Gasteiger partial charge in [-0.15, -0.1) is 0 Å². The molecular weight excluding hydrogens is 376 g/mol. The maximum Gasteiger partial charge on any atom is 0.227 e. The van der Waals surface area contributed by atoms with E-state index in [-0.39, 0.29) is 11.9 Å². The second-order valence-electron chi connectivity index (χ2n) is 8.48. The molecule has 1 aliphatic heterocycles. The highest BCUT2D eigenvalue weighted by atomic mass is 16.5. The van der Waals surface area contributed by atoms with E-state index >= 15 is 0 Å². The van der Waals surface area contributed by atoms with Crippen LogP contribution in [0.5, 0.6) is 11.5 Å². The Hall–Kier alpha value is -2.53. The lowest BCUT2D eigenvalue weighted by Crippen LogP contribution is -2.52. The average molecular weight is 409 g/mol. The third-order valence-corrected chi connectivity index (χ3v) is 6.74. The monoisotopic (exact) mass is 408 g/mol. The number of nitrogens with zero attached hydrogens (tertiary/aromatic N) is 2. The summed E-state index contributed by atoms with van der Waals surface area (Å²) in [4.78, 5) is 17.6. The van der Waals surface area contributed by atoms with E-state index in [4.69, 9.17) is 9.47 Å². The maximum absolute atomic E-state index is 13.1. The highest BCUT2D eigenvalue weighted by molar-refractivity contribution is 5.79. The average Bonchev–Trinajstić information content (AvgIpc) is 3.23. The lowest BCUT2D eigenvalue weighted by molar-refractivity contribution is -0.132. The van der Waals surface area contributed by atoms with Crippen LogP contribution in [0.4, 0.5) is 0 Å². The number of rotatable bonds is 6. The van der Waals surface area contributed by atoms with Crippen molar-refractivity contribution in [3.05, 3.63) is 59.2 Å². The van der Waals surface area contributed by atoms with Crippen LogP contribution in [0.2, 0.25) is 0 Å². The SMILES string of the molecule is COc1ccc(OC)c(CC(=O)N(C)C2CCCN(C3Cc4ccccc4C3)C2)c1. The first-order chi connectivity index (χ1) is 14.6. The molecule has 1 atom stereocenters. The van der Waals surface area contributed by atoms with Crippen molar-refractivity contribution in [2.75, 3.05) is 34.4 Å². The minimum atomic E-state index is 0.128. The number of amides is 1. The molecule has 2 aromatic carbocycles. The summed E-state index contributed by atoms with van der Waals surface area (Å²) >= 11 is 0. The molecule has 0 N–H and O–H groups in total. The molecule has 4 rings (SSSR count). The van der Waals surface area contributed by atoms with Gasteiger partial charge in [0.25, 0.3) is 0 Å². The van der Waals surface area contributed by atoms with Crippen LogP contribution in [-0.4, -0.2) is 62.1 Å². The normalized spacial score (nSPS) is 19.4. The zero-order chi connectivity index (χ0) is 21.1. The molecule has 0 bridgehead atoms. The van der Waals surface area contributed by atoms with Crippen LogP contribution in [-0.2, 0) is 24.1 Å². The molecule has 1 saturated heterocycles. The molecule has 5 nitrogen and oxygen atoms in total. The topological polar surface area (TPSA) is 42.0 Å². The number of likely N-dealkylation sites (N-methyl/N-ethyl adjacent to an activating group) is 1. The van der Waals surface area contributed by atoms with Gasteiger partial charge < -0.3 is 14.4 Å². The van der Waals surface area contributed by atoms with E-state index < -0.39 is 0 Å². The molecule has 1 heterocycles. The molecule has 0 spiro atoms. The minimum Gasteiger partial charge on any atom is -0.497 e. The number of likely N-dealkylation sites (tertiary alicyclic amines) is 1. The van der Waals surface area contributed by atoms with Crippen LogP contribution in [0, 0.1) is 0 Å². The van der Waals surface area contributed by atoms with E-state index in [2.05, 4.69) is 29.2 Å². The molecular formula is C25H32N2O3. The number of fused-ring (bicyclic) bond motifs is 1. The van der Waals surface area contributed by atoms with Crippen molar-refractivity contribution in [2.24, 2.45) is 0 Å². The molecule has 1 amide bonds. The number of piperidine rings is 1. The third kappa shape index (κ3) is 4.31. The van der Waals surface area contributed by atoms with E-state index in [9.17, 15) is 4.79 Å². The van der Waals surface area contributed by atoms with E-state index in [0.29, 0.717) is 12.5 Å². The van der Waals surface area contributed by atoms with Crippen molar-refractivity contribution in [3.63, 3.8) is 0 Å². The highest BCUT2D eigenvalue weighted by Crippen LogP contribution is 2.29. The summed E-state index contributed by atoms with van der Waals surface area (Å²) in [5.41, 5.74) is 3.84. The molecule has 1 unspecified atom stereocenters. The highest BCUT2D eigenvalue weighted by Gasteiger charge is 2.32. The number of hydrogen-bond donors (Lipinski definition) is 0. The molecule has 0 aromatic heterocycles. The van der Waals surface area contributed by atoms with Gasteiger partial charge in [-0.1, -0.05) is 24.3 Å². The molecule has 160 valence electrons. The van der Waals surface area contributed by atoms with E-state index in [0.717, 1.165) is 55.8 Å². The molecule has 1 fully saturated rings. The Morgan fingerprint density at radius 1 is 1.10 bits per heavy atom. The van der Waals surface area contributed by atoms with E-state index in [1.54, 1.807) is 14.2 Å². The first-order valence-electron chi connectivity index (χ1n) is 10.9. The van der Waals surface area contributed by atoms with Gasteiger partial charge in [0, 0.05) is 31.2 Å². The molecule has 1 aliphatic carbocycles. The van der Waals surface area contributed by atoms with E-state index in [1.807, 2.05) is 30.1 Å². The Kier molecular flexibility index (Phi) is 6.28. The first kappa shape index (κ1) is 20.7. The summed E-state index contributed by atoms with van der Waals surface area (Å²) in [5, 5.41) is 0. The zero-order valence-electron chi connectivity index (χ0n) is 18.3. The molecule has 0 radical (unpaired) electrons. The van der Waals surface area contributed by atoms with Crippen LogP contribution in [0.15, 0.2) is 42.5 Å². The van der Waals surface area contributed by atoms with Crippen molar-refractivity contribution in [1.29, 1.82) is 0 Å². The quantitative estimate of drug-likeness (QED) is 0.735. The number of hydrogen-bond acceptors (Lipinski definition) is 4. The Morgan fingerprint density at radius 3 is 2.50 bits per heavy atom. The lowest BCUT2D eigenvalue weighted by Gasteiger charge is -2.40. The number of carbonyl (C=O) groups excluding carboxylic acids is 1. The zero-order valence-corrected chi connectivity index (χ0v) is 18.3. The Labute approximate surface area is 179 Å². The van der Waals surface area contributed by atoms with Gasteiger partial charge >= 0.3 is 0 Å². The van der Waals surface area contributed by atoms with E-state index in [1.165, 1.54) is 11.1 Å². The largest absolute Gasteiger partial charge is 0.497 e. The number of benzene rings is 2. The summed E-state index contributed by atoms with van der Waals surface area (Å²) in [6, 6.07) is 15.2. The van der Waals surface area contributed by atoms with Crippen LogP contribution in [0.25, 0.3) is 0 Å². The van der Waals surface area contributed by atoms with Crippen molar-refractivity contribution in [3.8, 4) is 11.5 Å². The van der Waals surface area contributed by atoms with Crippen molar-refractivity contribution in [1.82, 2.24) is 9.80 Å². The number of carbonyl (C=O) groups is 1. The van der Waals surface area contributed by atoms with Crippen LogP contribution >= 0.6 is 0 Å². The predicted molar refractivity (Wildman–Crippen MR) is 118 cm³/mol. The summed E-state index contributed by atoms with van der Waals surface area (Å²) in [7, 11) is 5.22. The van der Waals surface area contributed by atoms with Gasteiger partial charge in [-0.25, -0.2) is 0 Å². The fraction of sp³-hybridized carbons (Fsp3) is 0.480. The number of methoxy groups -OCH3 is 2. The maximum atomic E-state index is 13.1. The van der Waals surface area contributed by atoms with Gasteiger partial charge in [-0.05, 0) is 61.6 Å². The summed E-state index contributed by atoms with van der Waals surface area (Å²) in [6.45, 7) is 2.08. The fourth-order valence-corrected chi connectivity index (χ4v) is 4.94. The Morgan fingerprint density at radius 2 is 1.83 bits per heavy atom. The van der Waals surface area contributed by atoms with Gasteiger partial charge in [-0.2, -0.15) is 0 Å².